The van der Waals surface area contributed by atoms with Gasteiger partial charge in [-0.25, -0.2) is 4.68 Å². The molecule has 2 aromatic rings. The van der Waals surface area contributed by atoms with Crippen molar-refractivity contribution in [3.8, 4) is 0 Å². The third-order valence-corrected chi connectivity index (χ3v) is 5.58. The Bertz CT molecular complexity index is 789. The highest BCUT2D eigenvalue weighted by molar-refractivity contribution is 7.92. The van der Waals surface area contributed by atoms with Gasteiger partial charge in [-0.1, -0.05) is 16.8 Å². The van der Waals surface area contributed by atoms with Gasteiger partial charge in [-0.3, -0.25) is 4.31 Å². The summed E-state index contributed by atoms with van der Waals surface area (Å²) in [6, 6.07) is 5.16. The zero-order valence-corrected chi connectivity index (χ0v) is 13.1. The van der Waals surface area contributed by atoms with Crippen molar-refractivity contribution in [1.82, 2.24) is 15.0 Å². The molecule has 0 radical (unpaired) electrons. The highest BCUT2D eigenvalue weighted by atomic mass is 35.5. The molecular weight excluding hydrogens is 314 g/mol. The lowest BCUT2D eigenvalue weighted by Gasteiger charge is -2.36. The Balaban J connectivity index is 2.14. The normalized spacial score (nSPS) is 15.2. The van der Waals surface area contributed by atoms with Gasteiger partial charge in [0.15, 0.2) is 5.03 Å². The monoisotopic (exact) mass is 327 g/mol. The predicted molar refractivity (Wildman–Crippen MR) is 80.3 cm³/mol. The first-order chi connectivity index (χ1) is 9.91. The van der Waals surface area contributed by atoms with Gasteiger partial charge in [-0.2, -0.15) is 8.42 Å². The summed E-state index contributed by atoms with van der Waals surface area (Å²) in [5.41, 5.74) is 1.39. The zero-order chi connectivity index (χ0) is 15.2. The van der Waals surface area contributed by atoms with E-state index in [0.717, 1.165) is 5.69 Å². The molecule has 1 aromatic heterocycles. The topological polar surface area (TPSA) is 71.3 Å². The lowest BCUT2D eigenvalue weighted by Crippen LogP contribution is -2.43. The van der Waals surface area contributed by atoms with E-state index in [2.05, 4.69) is 10.3 Å². The van der Waals surface area contributed by atoms with Gasteiger partial charge in [0.1, 0.15) is 0 Å². The van der Waals surface area contributed by atoms with Crippen molar-refractivity contribution in [2.75, 3.05) is 29.3 Å². The van der Waals surface area contributed by atoms with Crippen molar-refractivity contribution >= 4 is 33.0 Å². The first kappa shape index (κ1) is 14.2. The molecule has 112 valence electrons. The summed E-state index contributed by atoms with van der Waals surface area (Å²) in [4.78, 5) is 1.98. The number of nitrogens with zero attached hydrogens (tertiary/aromatic N) is 5. The summed E-state index contributed by atoms with van der Waals surface area (Å²) in [5.74, 6) is 0. The second-order valence-corrected chi connectivity index (χ2v) is 7.07. The lowest BCUT2D eigenvalue weighted by atomic mass is 10.2. The molecule has 0 fully saturated rings. The average molecular weight is 328 g/mol. The van der Waals surface area contributed by atoms with Crippen molar-refractivity contribution in [2.24, 2.45) is 7.05 Å². The van der Waals surface area contributed by atoms with Crippen molar-refractivity contribution in [3.05, 3.63) is 29.4 Å². The minimum Gasteiger partial charge on any atom is -0.371 e. The number of rotatable bonds is 2. The Hall–Kier alpha value is -1.80. The van der Waals surface area contributed by atoms with Gasteiger partial charge in [0.05, 0.1) is 24.1 Å². The van der Waals surface area contributed by atoms with Crippen LogP contribution in [0.1, 0.15) is 0 Å². The van der Waals surface area contributed by atoms with E-state index in [4.69, 9.17) is 11.6 Å². The highest BCUT2D eigenvalue weighted by Crippen LogP contribution is 2.37. The molecule has 9 heteroatoms. The Morgan fingerprint density at radius 2 is 1.95 bits per heavy atom. The molecule has 0 aliphatic carbocycles. The number of aryl methyl sites for hydroxylation is 1. The molecule has 21 heavy (non-hydrogen) atoms. The number of anilines is 2. The van der Waals surface area contributed by atoms with E-state index in [0.29, 0.717) is 23.8 Å². The van der Waals surface area contributed by atoms with Crippen LogP contribution < -0.4 is 9.21 Å². The maximum Gasteiger partial charge on any atom is 0.283 e. The van der Waals surface area contributed by atoms with E-state index in [1.807, 2.05) is 11.9 Å². The fraction of sp³-hybridized carbons (Fsp3) is 0.333. The van der Waals surface area contributed by atoms with Gasteiger partial charge in [0.25, 0.3) is 10.0 Å². The van der Waals surface area contributed by atoms with Crippen LogP contribution in [0, 0.1) is 0 Å². The number of hydrogen-bond acceptors (Lipinski definition) is 5. The van der Waals surface area contributed by atoms with E-state index in [1.165, 1.54) is 15.2 Å². The van der Waals surface area contributed by atoms with E-state index < -0.39 is 10.0 Å². The van der Waals surface area contributed by atoms with Gasteiger partial charge in [-0.05, 0) is 18.2 Å². The number of halogens is 1. The summed E-state index contributed by atoms with van der Waals surface area (Å²) in [7, 11) is -0.236. The van der Waals surface area contributed by atoms with Gasteiger partial charge >= 0.3 is 0 Å². The van der Waals surface area contributed by atoms with Crippen LogP contribution >= 0.6 is 11.6 Å². The number of sulfonamides is 1. The van der Waals surface area contributed by atoms with E-state index in [1.54, 1.807) is 25.2 Å². The van der Waals surface area contributed by atoms with Crippen LogP contribution in [0.15, 0.2) is 29.4 Å². The van der Waals surface area contributed by atoms with Gasteiger partial charge in [-0.15, -0.1) is 5.10 Å². The Morgan fingerprint density at radius 3 is 2.62 bits per heavy atom. The molecule has 7 nitrogen and oxygen atoms in total. The van der Waals surface area contributed by atoms with Crippen molar-refractivity contribution in [2.45, 2.75) is 5.03 Å². The van der Waals surface area contributed by atoms with Gasteiger partial charge < -0.3 is 4.90 Å². The van der Waals surface area contributed by atoms with E-state index in [-0.39, 0.29) is 5.03 Å². The van der Waals surface area contributed by atoms with Crippen LogP contribution in [0.5, 0.6) is 0 Å². The highest BCUT2D eigenvalue weighted by Gasteiger charge is 2.33. The number of hydrogen-bond donors (Lipinski definition) is 0. The number of benzene rings is 1. The summed E-state index contributed by atoms with van der Waals surface area (Å²) in [5, 5.41) is 7.97. The quantitative estimate of drug-likeness (QED) is 0.826. The molecule has 1 aliphatic heterocycles. The average Bonchev–Trinajstić information content (AvgIpc) is 2.86. The number of fused-ring (bicyclic) bond motifs is 1. The van der Waals surface area contributed by atoms with Gasteiger partial charge in [0, 0.05) is 25.7 Å². The fourth-order valence-electron chi connectivity index (χ4n) is 2.37. The van der Waals surface area contributed by atoms with Crippen LogP contribution in [-0.4, -0.2) is 43.5 Å². The van der Waals surface area contributed by atoms with Crippen molar-refractivity contribution in [3.63, 3.8) is 0 Å². The van der Waals surface area contributed by atoms with Gasteiger partial charge in [0.2, 0.25) is 0 Å². The molecule has 0 atom stereocenters. The summed E-state index contributed by atoms with van der Waals surface area (Å²) < 4.78 is 28.2. The molecule has 0 saturated carbocycles. The maximum absolute atomic E-state index is 12.8. The van der Waals surface area contributed by atoms with Crippen LogP contribution in [0.25, 0.3) is 0 Å². The maximum atomic E-state index is 12.8. The molecule has 1 aromatic carbocycles. The minimum absolute atomic E-state index is 0.0629. The zero-order valence-electron chi connectivity index (χ0n) is 11.6. The number of likely N-dealkylation sites (N-methyl/N-ethyl adjacent to an activating group) is 1. The minimum atomic E-state index is -3.70. The second kappa shape index (κ2) is 4.88. The Morgan fingerprint density at radius 1 is 1.19 bits per heavy atom. The largest absolute Gasteiger partial charge is 0.371 e. The van der Waals surface area contributed by atoms with Crippen molar-refractivity contribution < 1.29 is 8.42 Å². The Kier molecular flexibility index (Phi) is 3.29. The van der Waals surface area contributed by atoms with Crippen molar-refractivity contribution in [1.29, 1.82) is 0 Å². The molecular formula is C12H14ClN5O2S. The Labute approximate surface area is 127 Å². The molecule has 3 rings (SSSR count). The predicted octanol–water partition coefficient (Wildman–Crippen LogP) is 1.11. The summed E-state index contributed by atoms with van der Waals surface area (Å²) in [6.07, 6.45) is 1.25. The van der Waals surface area contributed by atoms with Crippen LogP contribution in [0.2, 0.25) is 5.02 Å². The number of aromatic nitrogens is 3. The third kappa shape index (κ3) is 2.24. The van der Waals surface area contributed by atoms with E-state index in [9.17, 15) is 8.42 Å². The molecule has 0 unspecified atom stereocenters. The fourth-order valence-corrected chi connectivity index (χ4v) is 4.05. The SMILES string of the molecule is CN1CCN(S(=O)(=O)c2cnnn2C)c2ccc(Cl)cc21. The second-order valence-electron chi connectivity index (χ2n) is 4.83. The molecule has 2 heterocycles. The smallest absolute Gasteiger partial charge is 0.283 e. The first-order valence-corrected chi connectivity index (χ1v) is 8.11. The third-order valence-electron chi connectivity index (χ3n) is 3.48. The molecule has 0 bridgehead atoms. The summed E-state index contributed by atoms with van der Waals surface area (Å²) in [6.45, 7) is 0.941. The molecule has 1 aliphatic rings. The lowest BCUT2D eigenvalue weighted by molar-refractivity contribution is 0.568. The standard InChI is InChI=1S/C12H14ClN5O2S/c1-16-5-6-18(10-4-3-9(13)7-11(10)16)21(19,20)12-8-14-15-17(12)2/h3-4,7-8H,5-6H2,1-2H3. The van der Waals surface area contributed by atoms with E-state index >= 15 is 0 Å². The van der Waals surface area contributed by atoms with Crippen LogP contribution in [-0.2, 0) is 17.1 Å². The summed E-state index contributed by atoms with van der Waals surface area (Å²) >= 11 is 6.01. The van der Waals surface area contributed by atoms with Crippen LogP contribution in [0.3, 0.4) is 0 Å². The molecule has 0 amide bonds. The molecule has 0 saturated heterocycles. The van der Waals surface area contributed by atoms with Crippen LogP contribution in [0.4, 0.5) is 11.4 Å². The molecule has 0 N–H and O–H groups in total. The molecule has 0 spiro atoms. The first-order valence-electron chi connectivity index (χ1n) is 6.29.